The SMILES string of the molecule is c1ccc2ncc(-c3ccnc(N4CC5CCC(C4)N5)n3)cc2c1. The number of rotatable bonds is 2. The first kappa shape index (κ1) is 13.9. The Balaban J connectivity index is 1.50. The van der Waals surface area contributed by atoms with Crippen molar-refractivity contribution in [3.63, 3.8) is 0 Å². The molecule has 3 aromatic rings. The van der Waals surface area contributed by atoms with E-state index >= 15 is 0 Å². The molecule has 2 aliphatic heterocycles. The number of piperazine rings is 1. The van der Waals surface area contributed by atoms with Crippen LogP contribution in [0.15, 0.2) is 48.8 Å². The number of hydrogen-bond acceptors (Lipinski definition) is 5. The maximum atomic E-state index is 4.82. The number of anilines is 1. The van der Waals surface area contributed by atoms with Crippen molar-refractivity contribution in [3.05, 3.63) is 48.8 Å². The fourth-order valence-electron chi connectivity index (χ4n) is 3.83. The number of aromatic nitrogens is 3. The lowest BCUT2D eigenvalue weighted by molar-refractivity contribution is 0.461. The standard InChI is InChI=1S/C19H19N5/c1-2-4-17-13(3-1)9-14(10-21-17)18-7-8-20-19(23-18)24-11-15-5-6-16(12-24)22-15/h1-4,7-10,15-16,22H,5-6,11-12H2. The molecule has 2 unspecified atom stereocenters. The molecule has 5 nitrogen and oxygen atoms in total. The van der Waals surface area contributed by atoms with Crippen LogP contribution < -0.4 is 10.2 Å². The van der Waals surface area contributed by atoms with E-state index in [2.05, 4.69) is 32.3 Å². The maximum absolute atomic E-state index is 4.82. The van der Waals surface area contributed by atoms with Gasteiger partial charge < -0.3 is 10.2 Å². The molecule has 2 saturated heterocycles. The molecule has 2 fully saturated rings. The molecule has 0 amide bonds. The highest BCUT2D eigenvalue weighted by Crippen LogP contribution is 2.25. The number of nitrogens with zero attached hydrogens (tertiary/aromatic N) is 4. The summed E-state index contributed by atoms with van der Waals surface area (Å²) in [5.74, 6) is 0.832. The Labute approximate surface area is 140 Å². The Morgan fingerprint density at radius 2 is 1.83 bits per heavy atom. The molecule has 4 heterocycles. The Morgan fingerprint density at radius 1 is 1.00 bits per heavy atom. The minimum Gasteiger partial charge on any atom is -0.338 e. The molecule has 0 spiro atoms. The predicted octanol–water partition coefficient (Wildman–Crippen LogP) is 2.63. The molecular weight excluding hydrogens is 298 g/mol. The summed E-state index contributed by atoms with van der Waals surface area (Å²) in [6.07, 6.45) is 6.28. The first-order valence-electron chi connectivity index (χ1n) is 8.54. The molecule has 2 bridgehead atoms. The Hall–Kier alpha value is -2.53. The number of benzene rings is 1. The normalized spacial score (nSPS) is 22.9. The third kappa shape index (κ3) is 2.41. The summed E-state index contributed by atoms with van der Waals surface area (Å²) < 4.78 is 0. The van der Waals surface area contributed by atoms with Gasteiger partial charge in [0.15, 0.2) is 0 Å². The lowest BCUT2D eigenvalue weighted by atomic mass is 10.1. The first-order valence-corrected chi connectivity index (χ1v) is 8.54. The summed E-state index contributed by atoms with van der Waals surface area (Å²) in [5.41, 5.74) is 2.98. The number of hydrogen-bond donors (Lipinski definition) is 1. The van der Waals surface area contributed by atoms with Crippen molar-refractivity contribution < 1.29 is 0 Å². The lowest BCUT2D eigenvalue weighted by Gasteiger charge is -2.32. The lowest BCUT2D eigenvalue weighted by Crippen LogP contribution is -2.51. The minimum absolute atomic E-state index is 0.582. The Bertz CT molecular complexity index is 882. The van der Waals surface area contributed by atoms with Crippen molar-refractivity contribution in [2.45, 2.75) is 24.9 Å². The average Bonchev–Trinajstić information content (AvgIpc) is 2.99. The van der Waals surface area contributed by atoms with E-state index in [-0.39, 0.29) is 0 Å². The van der Waals surface area contributed by atoms with Gasteiger partial charge in [0.1, 0.15) is 0 Å². The second-order valence-electron chi connectivity index (χ2n) is 6.70. The summed E-state index contributed by atoms with van der Waals surface area (Å²) in [7, 11) is 0. The van der Waals surface area contributed by atoms with Gasteiger partial charge in [0, 0.05) is 48.5 Å². The van der Waals surface area contributed by atoms with E-state index in [1.807, 2.05) is 36.7 Å². The molecule has 1 N–H and O–H groups in total. The van der Waals surface area contributed by atoms with Crippen LogP contribution in [0.2, 0.25) is 0 Å². The van der Waals surface area contributed by atoms with Gasteiger partial charge in [-0.25, -0.2) is 9.97 Å². The molecule has 1 aromatic carbocycles. The first-order chi connectivity index (χ1) is 11.8. The molecule has 120 valence electrons. The van der Waals surface area contributed by atoms with Gasteiger partial charge in [-0.15, -0.1) is 0 Å². The van der Waals surface area contributed by atoms with Crippen LogP contribution in [0.3, 0.4) is 0 Å². The maximum Gasteiger partial charge on any atom is 0.225 e. The van der Waals surface area contributed by atoms with Gasteiger partial charge in [-0.3, -0.25) is 4.98 Å². The van der Waals surface area contributed by atoms with Crippen molar-refractivity contribution in [1.29, 1.82) is 0 Å². The third-order valence-corrected chi connectivity index (χ3v) is 5.03. The summed E-state index contributed by atoms with van der Waals surface area (Å²) in [6, 6.07) is 13.4. The highest BCUT2D eigenvalue weighted by atomic mass is 15.3. The Kier molecular flexibility index (Phi) is 3.19. The van der Waals surface area contributed by atoms with Gasteiger partial charge in [-0.1, -0.05) is 18.2 Å². The fraction of sp³-hybridized carbons (Fsp3) is 0.316. The average molecular weight is 317 g/mol. The fourth-order valence-corrected chi connectivity index (χ4v) is 3.83. The van der Waals surface area contributed by atoms with Gasteiger partial charge in [-0.05, 0) is 31.0 Å². The van der Waals surface area contributed by atoms with Crippen molar-refractivity contribution in [1.82, 2.24) is 20.3 Å². The van der Waals surface area contributed by atoms with Crippen LogP contribution in [0.5, 0.6) is 0 Å². The van der Waals surface area contributed by atoms with Crippen molar-refractivity contribution in [2.24, 2.45) is 0 Å². The number of pyridine rings is 1. The van der Waals surface area contributed by atoms with Crippen molar-refractivity contribution in [2.75, 3.05) is 18.0 Å². The zero-order chi connectivity index (χ0) is 15.9. The molecule has 2 aromatic heterocycles. The molecule has 2 atom stereocenters. The summed E-state index contributed by atoms with van der Waals surface area (Å²) in [6.45, 7) is 1.99. The monoisotopic (exact) mass is 317 g/mol. The van der Waals surface area contributed by atoms with Crippen LogP contribution in [-0.4, -0.2) is 40.1 Å². The summed E-state index contributed by atoms with van der Waals surface area (Å²) >= 11 is 0. The van der Waals surface area contributed by atoms with Crippen LogP contribution in [-0.2, 0) is 0 Å². The predicted molar refractivity (Wildman–Crippen MR) is 94.9 cm³/mol. The van der Waals surface area contributed by atoms with E-state index in [4.69, 9.17) is 4.98 Å². The van der Waals surface area contributed by atoms with Crippen LogP contribution >= 0.6 is 0 Å². The zero-order valence-corrected chi connectivity index (χ0v) is 13.4. The van der Waals surface area contributed by atoms with Crippen molar-refractivity contribution >= 4 is 16.9 Å². The van der Waals surface area contributed by atoms with Crippen LogP contribution in [0.4, 0.5) is 5.95 Å². The number of nitrogens with one attached hydrogen (secondary N) is 1. The second kappa shape index (κ2) is 5.53. The molecule has 5 heteroatoms. The van der Waals surface area contributed by atoms with Crippen LogP contribution in [0, 0.1) is 0 Å². The largest absolute Gasteiger partial charge is 0.338 e. The van der Waals surface area contributed by atoms with E-state index in [0.717, 1.165) is 41.2 Å². The molecule has 0 radical (unpaired) electrons. The van der Waals surface area contributed by atoms with Gasteiger partial charge in [-0.2, -0.15) is 0 Å². The molecule has 2 aliphatic rings. The smallest absolute Gasteiger partial charge is 0.225 e. The molecular formula is C19H19N5. The molecule has 24 heavy (non-hydrogen) atoms. The highest BCUT2D eigenvalue weighted by Gasteiger charge is 2.33. The van der Waals surface area contributed by atoms with E-state index in [0.29, 0.717) is 12.1 Å². The van der Waals surface area contributed by atoms with E-state index in [9.17, 15) is 0 Å². The summed E-state index contributed by atoms with van der Waals surface area (Å²) in [4.78, 5) is 16.2. The topological polar surface area (TPSA) is 53.9 Å². The Morgan fingerprint density at radius 3 is 2.71 bits per heavy atom. The summed E-state index contributed by atoms with van der Waals surface area (Å²) in [5, 5.41) is 4.78. The van der Waals surface area contributed by atoms with Gasteiger partial charge >= 0.3 is 0 Å². The van der Waals surface area contributed by atoms with Crippen molar-refractivity contribution in [3.8, 4) is 11.3 Å². The third-order valence-electron chi connectivity index (χ3n) is 5.03. The molecule has 0 aliphatic carbocycles. The van der Waals surface area contributed by atoms with Gasteiger partial charge in [0.05, 0.1) is 11.2 Å². The highest BCUT2D eigenvalue weighted by molar-refractivity contribution is 5.82. The molecule has 0 saturated carbocycles. The molecule has 5 rings (SSSR count). The minimum atomic E-state index is 0.582. The number of para-hydroxylation sites is 1. The van der Waals surface area contributed by atoms with Gasteiger partial charge in [0.2, 0.25) is 5.95 Å². The van der Waals surface area contributed by atoms with Crippen LogP contribution in [0.1, 0.15) is 12.8 Å². The number of fused-ring (bicyclic) bond motifs is 3. The quantitative estimate of drug-likeness (QED) is 0.787. The van der Waals surface area contributed by atoms with E-state index < -0.39 is 0 Å². The van der Waals surface area contributed by atoms with Crippen LogP contribution in [0.25, 0.3) is 22.2 Å². The van der Waals surface area contributed by atoms with Gasteiger partial charge in [0.25, 0.3) is 0 Å². The second-order valence-corrected chi connectivity index (χ2v) is 6.70. The van der Waals surface area contributed by atoms with E-state index in [1.54, 1.807) is 0 Å². The van der Waals surface area contributed by atoms with E-state index in [1.165, 1.54) is 12.8 Å². The zero-order valence-electron chi connectivity index (χ0n) is 13.4.